The Morgan fingerprint density at radius 2 is 1.87 bits per heavy atom. The Labute approximate surface area is 179 Å². The van der Waals surface area contributed by atoms with Gasteiger partial charge in [0.2, 0.25) is 0 Å². The number of hydrogen-bond donors (Lipinski definition) is 2. The molecule has 152 valence electrons. The molecule has 0 aliphatic heterocycles. The van der Waals surface area contributed by atoms with Crippen LogP contribution in [0.2, 0.25) is 0 Å². The van der Waals surface area contributed by atoms with Gasteiger partial charge in [-0.1, -0.05) is 66.2 Å². The van der Waals surface area contributed by atoms with E-state index in [2.05, 4.69) is 57.9 Å². The zero-order valence-electron chi connectivity index (χ0n) is 17.0. The molecule has 2 heterocycles. The molecule has 6 nitrogen and oxygen atoms in total. The monoisotopic (exact) mass is 407 g/mol. The predicted octanol–water partition coefficient (Wildman–Crippen LogP) is 5.04. The Bertz CT molecular complexity index is 1370. The number of rotatable bonds is 5. The van der Waals surface area contributed by atoms with Gasteiger partial charge in [0.15, 0.2) is 5.69 Å². The zero-order chi connectivity index (χ0) is 21.2. The Kier molecular flexibility index (Phi) is 4.80. The molecule has 0 atom stereocenters. The van der Waals surface area contributed by atoms with E-state index in [0.29, 0.717) is 17.9 Å². The van der Waals surface area contributed by atoms with Gasteiger partial charge in [-0.05, 0) is 35.7 Å². The van der Waals surface area contributed by atoms with Crippen molar-refractivity contribution in [2.45, 2.75) is 13.5 Å². The van der Waals surface area contributed by atoms with Crippen LogP contribution in [-0.2, 0) is 6.54 Å². The maximum Gasteiger partial charge on any atom is 0.276 e. The van der Waals surface area contributed by atoms with Gasteiger partial charge in [-0.25, -0.2) is 0 Å². The molecule has 0 spiro atoms. The first-order valence-corrected chi connectivity index (χ1v) is 10.1. The fraction of sp³-hybridized carbons (Fsp3) is 0.0800. The number of nitrogens with one attached hydrogen (secondary N) is 2. The van der Waals surface area contributed by atoms with Crippen LogP contribution in [0.5, 0.6) is 0 Å². The maximum atomic E-state index is 12.8. The molecule has 6 heteroatoms. The third-order valence-corrected chi connectivity index (χ3v) is 5.20. The highest BCUT2D eigenvalue weighted by molar-refractivity contribution is 6.11. The number of fused-ring (bicyclic) bond motifs is 1. The average Bonchev–Trinajstić information content (AvgIpc) is 3.40. The van der Waals surface area contributed by atoms with Crippen molar-refractivity contribution < 1.29 is 4.79 Å². The summed E-state index contributed by atoms with van der Waals surface area (Å²) in [4.78, 5) is 12.8. The van der Waals surface area contributed by atoms with E-state index in [9.17, 15) is 4.79 Å². The summed E-state index contributed by atoms with van der Waals surface area (Å²) in [5, 5.41) is 15.3. The minimum Gasteiger partial charge on any atom is -0.318 e. The predicted molar refractivity (Wildman–Crippen MR) is 122 cm³/mol. The van der Waals surface area contributed by atoms with Gasteiger partial charge in [-0.3, -0.25) is 14.6 Å². The minimum absolute atomic E-state index is 0.270. The van der Waals surface area contributed by atoms with E-state index in [0.717, 1.165) is 27.6 Å². The third kappa shape index (κ3) is 3.96. The molecule has 2 N–H and O–H groups in total. The standard InChI is InChI=1S/C25H21N5O/c1-17-6-5-7-18(12-17)15-30-16-21(14-26-30)27-25(31)24-22-11-10-20(13-23(22)28-29-24)19-8-3-2-4-9-19/h2-14,16H,15H2,1H3,(H,27,31)(H,28,29). The summed E-state index contributed by atoms with van der Waals surface area (Å²) in [7, 11) is 0. The molecule has 0 saturated heterocycles. The number of aromatic amines is 1. The smallest absolute Gasteiger partial charge is 0.276 e. The Morgan fingerprint density at radius 3 is 2.71 bits per heavy atom. The third-order valence-electron chi connectivity index (χ3n) is 5.20. The number of hydrogen-bond acceptors (Lipinski definition) is 3. The summed E-state index contributed by atoms with van der Waals surface area (Å²) in [5.41, 5.74) is 6.37. The van der Waals surface area contributed by atoms with Crippen LogP contribution in [0.4, 0.5) is 5.69 Å². The van der Waals surface area contributed by atoms with Crippen molar-refractivity contribution in [3.63, 3.8) is 0 Å². The van der Waals surface area contributed by atoms with Gasteiger partial charge < -0.3 is 5.32 Å². The number of carbonyl (C=O) groups is 1. The normalized spacial score (nSPS) is 11.0. The highest BCUT2D eigenvalue weighted by atomic mass is 16.2. The van der Waals surface area contributed by atoms with Crippen LogP contribution in [0.15, 0.2) is 85.2 Å². The van der Waals surface area contributed by atoms with Crippen molar-refractivity contribution in [3.05, 3.63) is 102 Å². The Morgan fingerprint density at radius 1 is 1.00 bits per heavy atom. The van der Waals surface area contributed by atoms with E-state index >= 15 is 0 Å². The first kappa shape index (κ1) is 18.8. The van der Waals surface area contributed by atoms with Gasteiger partial charge in [-0.15, -0.1) is 0 Å². The number of anilines is 1. The molecule has 0 fully saturated rings. The van der Waals surface area contributed by atoms with Crippen molar-refractivity contribution in [1.29, 1.82) is 0 Å². The summed E-state index contributed by atoms with van der Waals surface area (Å²) < 4.78 is 1.80. The highest BCUT2D eigenvalue weighted by Crippen LogP contribution is 2.25. The van der Waals surface area contributed by atoms with Gasteiger partial charge in [0, 0.05) is 11.6 Å². The molecule has 31 heavy (non-hydrogen) atoms. The highest BCUT2D eigenvalue weighted by Gasteiger charge is 2.15. The first-order chi connectivity index (χ1) is 15.2. The fourth-order valence-corrected chi connectivity index (χ4v) is 3.71. The quantitative estimate of drug-likeness (QED) is 0.429. The zero-order valence-corrected chi connectivity index (χ0v) is 17.0. The fourth-order valence-electron chi connectivity index (χ4n) is 3.71. The van der Waals surface area contributed by atoms with Crippen molar-refractivity contribution in [1.82, 2.24) is 20.0 Å². The van der Waals surface area contributed by atoms with Gasteiger partial charge in [0.05, 0.1) is 23.9 Å². The SMILES string of the molecule is Cc1cccc(Cn2cc(NC(=O)c3n[nH]c4cc(-c5ccccc5)ccc34)cn2)c1. The number of aryl methyl sites for hydroxylation is 1. The minimum atomic E-state index is -0.270. The number of nitrogens with zero attached hydrogens (tertiary/aromatic N) is 3. The lowest BCUT2D eigenvalue weighted by Gasteiger charge is -2.03. The van der Waals surface area contributed by atoms with Gasteiger partial charge in [-0.2, -0.15) is 10.2 Å². The van der Waals surface area contributed by atoms with Crippen LogP contribution in [0.25, 0.3) is 22.0 Å². The van der Waals surface area contributed by atoms with Crippen LogP contribution in [-0.4, -0.2) is 25.9 Å². The number of carbonyl (C=O) groups excluding carboxylic acids is 1. The van der Waals surface area contributed by atoms with E-state index in [1.165, 1.54) is 5.56 Å². The second kappa shape index (κ2) is 7.91. The van der Waals surface area contributed by atoms with Gasteiger partial charge in [0.25, 0.3) is 5.91 Å². The Hall–Kier alpha value is -4.19. The second-order valence-corrected chi connectivity index (χ2v) is 7.57. The summed E-state index contributed by atoms with van der Waals surface area (Å²) in [6.45, 7) is 2.71. The molecule has 5 aromatic rings. The van der Waals surface area contributed by atoms with Crippen molar-refractivity contribution in [2.75, 3.05) is 5.32 Å². The van der Waals surface area contributed by atoms with Crippen molar-refractivity contribution in [3.8, 4) is 11.1 Å². The molecular formula is C25H21N5O. The van der Waals surface area contributed by atoms with E-state index in [-0.39, 0.29) is 5.91 Å². The molecule has 0 saturated carbocycles. The number of H-pyrrole nitrogens is 1. The average molecular weight is 407 g/mol. The lowest BCUT2D eigenvalue weighted by Crippen LogP contribution is -2.12. The Balaban J connectivity index is 1.33. The van der Waals surface area contributed by atoms with E-state index in [1.54, 1.807) is 10.9 Å². The number of benzene rings is 3. The summed E-state index contributed by atoms with van der Waals surface area (Å²) in [6.07, 6.45) is 3.47. The van der Waals surface area contributed by atoms with Crippen LogP contribution in [0.1, 0.15) is 21.6 Å². The summed E-state index contributed by atoms with van der Waals surface area (Å²) in [5.74, 6) is -0.270. The van der Waals surface area contributed by atoms with Crippen LogP contribution in [0.3, 0.4) is 0 Å². The van der Waals surface area contributed by atoms with Crippen LogP contribution in [0, 0.1) is 6.92 Å². The lowest BCUT2D eigenvalue weighted by atomic mass is 10.0. The van der Waals surface area contributed by atoms with Crippen LogP contribution >= 0.6 is 0 Å². The maximum absolute atomic E-state index is 12.8. The van der Waals surface area contributed by atoms with Crippen LogP contribution < -0.4 is 5.32 Å². The molecule has 0 aliphatic rings. The summed E-state index contributed by atoms with van der Waals surface area (Å²) >= 11 is 0. The summed E-state index contributed by atoms with van der Waals surface area (Å²) in [6, 6.07) is 24.3. The van der Waals surface area contributed by atoms with Crippen molar-refractivity contribution >= 4 is 22.5 Å². The molecule has 0 bridgehead atoms. The molecule has 1 amide bonds. The van der Waals surface area contributed by atoms with E-state index in [4.69, 9.17) is 0 Å². The molecular weight excluding hydrogens is 386 g/mol. The van der Waals surface area contributed by atoms with Gasteiger partial charge in [0.1, 0.15) is 0 Å². The van der Waals surface area contributed by atoms with E-state index in [1.807, 2.05) is 48.7 Å². The lowest BCUT2D eigenvalue weighted by molar-refractivity contribution is 0.102. The largest absolute Gasteiger partial charge is 0.318 e. The molecule has 0 unspecified atom stereocenters. The van der Waals surface area contributed by atoms with Crippen molar-refractivity contribution in [2.24, 2.45) is 0 Å². The van der Waals surface area contributed by atoms with Gasteiger partial charge >= 0.3 is 0 Å². The molecule has 2 aromatic heterocycles. The molecule has 0 radical (unpaired) electrons. The number of amides is 1. The van der Waals surface area contributed by atoms with E-state index < -0.39 is 0 Å². The first-order valence-electron chi connectivity index (χ1n) is 10.1. The second-order valence-electron chi connectivity index (χ2n) is 7.57. The topological polar surface area (TPSA) is 75.6 Å². The molecule has 3 aromatic carbocycles. The molecule has 5 rings (SSSR count). The molecule has 0 aliphatic carbocycles. The number of aromatic nitrogens is 4.